The fourth-order valence-corrected chi connectivity index (χ4v) is 4.25. The topological polar surface area (TPSA) is 15.3 Å². The molecule has 1 aliphatic heterocycles. The van der Waals surface area contributed by atoms with Crippen molar-refractivity contribution < 1.29 is 0 Å². The van der Waals surface area contributed by atoms with E-state index in [0.29, 0.717) is 0 Å². The Labute approximate surface area is 131 Å². The number of aryl methyl sites for hydroxylation is 1. The number of benzene rings is 1. The second-order valence-corrected chi connectivity index (χ2v) is 7.06. The van der Waals surface area contributed by atoms with E-state index < -0.39 is 0 Å². The minimum atomic E-state index is 0.0587. The van der Waals surface area contributed by atoms with Gasteiger partial charge in [-0.2, -0.15) is 0 Å². The summed E-state index contributed by atoms with van der Waals surface area (Å²) in [5.41, 5.74) is 2.96. The molecule has 2 aromatic rings. The monoisotopic (exact) mass is 300 g/mol. The van der Waals surface area contributed by atoms with Crippen LogP contribution in [0.1, 0.15) is 29.9 Å². The second-order valence-electron chi connectivity index (χ2n) is 6.06. The van der Waals surface area contributed by atoms with Crippen molar-refractivity contribution >= 4 is 11.3 Å². The third-order valence-electron chi connectivity index (χ3n) is 4.48. The summed E-state index contributed by atoms with van der Waals surface area (Å²) >= 11 is 1.90. The van der Waals surface area contributed by atoms with Crippen molar-refractivity contribution in [3.8, 4) is 0 Å². The predicted molar refractivity (Wildman–Crippen MR) is 90.8 cm³/mol. The smallest absolute Gasteiger partial charge is 0.0535 e. The average Bonchev–Trinajstić information content (AvgIpc) is 2.95. The van der Waals surface area contributed by atoms with Crippen LogP contribution in [0.3, 0.4) is 0 Å². The number of rotatable bonds is 4. The van der Waals surface area contributed by atoms with Gasteiger partial charge in [-0.25, -0.2) is 0 Å². The highest BCUT2D eigenvalue weighted by atomic mass is 32.1. The number of nitrogens with zero attached hydrogens (tertiary/aromatic N) is 1. The minimum Gasteiger partial charge on any atom is -0.305 e. The summed E-state index contributed by atoms with van der Waals surface area (Å²) in [6.07, 6.45) is 1.14. The first-order chi connectivity index (χ1) is 10.2. The molecule has 1 saturated heterocycles. The van der Waals surface area contributed by atoms with Gasteiger partial charge in [0.1, 0.15) is 0 Å². The van der Waals surface area contributed by atoms with Gasteiger partial charge < -0.3 is 5.32 Å². The molecule has 1 aromatic heterocycles. The second kappa shape index (κ2) is 6.30. The highest BCUT2D eigenvalue weighted by Crippen LogP contribution is 2.27. The van der Waals surface area contributed by atoms with E-state index in [1.54, 1.807) is 0 Å². The summed E-state index contributed by atoms with van der Waals surface area (Å²) in [6.45, 7) is 8.91. The van der Waals surface area contributed by atoms with Crippen LogP contribution in [-0.2, 0) is 18.5 Å². The Kier molecular flexibility index (Phi) is 4.43. The molecule has 2 heterocycles. The highest BCUT2D eigenvalue weighted by molar-refractivity contribution is 7.10. The summed E-state index contributed by atoms with van der Waals surface area (Å²) in [5.74, 6) is 0. The molecule has 3 rings (SSSR count). The molecule has 0 bridgehead atoms. The molecule has 3 heteroatoms. The lowest BCUT2D eigenvalue weighted by atomic mass is 9.89. The van der Waals surface area contributed by atoms with Crippen molar-refractivity contribution in [3.05, 3.63) is 57.8 Å². The Balaban J connectivity index is 1.74. The van der Waals surface area contributed by atoms with Gasteiger partial charge in [-0.15, -0.1) is 11.3 Å². The van der Waals surface area contributed by atoms with Crippen LogP contribution in [-0.4, -0.2) is 24.5 Å². The van der Waals surface area contributed by atoms with Gasteiger partial charge >= 0.3 is 0 Å². The van der Waals surface area contributed by atoms with Crippen LogP contribution in [0.4, 0.5) is 0 Å². The van der Waals surface area contributed by atoms with Gasteiger partial charge in [-0.1, -0.05) is 37.3 Å². The molecule has 1 N–H and O–H groups in total. The molecular weight excluding hydrogens is 276 g/mol. The summed E-state index contributed by atoms with van der Waals surface area (Å²) in [4.78, 5) is 4.13. The Morgan fingerprint density at radius 2 is 2.05 bits per heavy atom. The molecule has 0 saturated carbocycles. The van der Waals surface area contributed by atoms with Crippen molar-refractivity contribution in [1.82, 2.24) is 10.2 Å². The van der Waals surface area contributed by atoms with E-state index in [4.69, 9.17) is 0 Å². The van der Waals surface area contributed by atoms with E-state index in [-0.39, 0.29) is 5.54 Å². The van der Waals surface area contributed by atoms with Gasteiger partial charge in [0.15, 0.2) is 0 Å². The van der Waals surface area contributed by atoms with E-state index in [1.807, 2.05) is 11.3 Å². The zero-order valence-corrected chi connectivity index (χ0v) is 13.7. The molecule has 21 heavy (non-hydrogen) atoms. The Hall–Kier alpha value is -1.16. The van der Waals surface area contributed by atoms with Crippen LogP contribution >= 0.6 is 11.3 Å². The van der Waals surface area contributed by atoms with Crippen LogP contribution < -0.4 is 5.32 Å². The molecule has 0 aliphatic carbocycles. The Morgan fingerprint density at radius 1 is 1.24 bits per heavy atom. The lowest BCUT2D eigenvalue weighted by Crippen LogP contribution is -2.56. The van der Waals surface area contributed by atoms with E-state index in [9.17, 15) is 0 Å². The molecule has 112 valence electrons. The Bertz CT molecular complexity index is 578. The molecule has 0 spiro atoms. The van der Waals surface area contributed by atoms with Crippen LogP contribution in [0, 0.1) is 0 Å². The van der Waals surface area contributed by atoms with E-state index in [0.717, 1.165) is 32.6 Å². The van der Waals surface area contributed by atoms with Crippen LogP contribution in [0.5, 0.6) is 0 Å². The summed E-state index contributed by atoms with van der Waals surface area (Å²) in [5, 5.41) is 5.94. The summed E-state index contributed by atoms with van der Waals surface area (Å²) in [6, 6.07) is 13.1. The van der Waals surface area contributed by atoms with E-state index in [2.05, 4.69) is 65.8 Å². The minimum absolute atomic E-state index is 0.0587. The van der Waals surface area contributed by atoms with Crippen molar-refractivity contribution in [2.45, 2.75) is 32.4 Å². The standard InChI is InChI=1S/C18H24N2S/c1-3-15-9-12-21-17(15)13-20-11-10-19-18(2,14-20)16-7-5-4-6-8-16/h4-9,12,19H,3,10-11,13-14H2,1-2H3. The normalized spacial score (nSPS) is 23.3. The van der Waals surface area contributed by atoms with Crippen molar-refractivity contribution in [2.24, 2.45) is 0 Å². The van der Waals surface area contributed by atoms with E-state index in [1.165, 1.54) is 16.0 Å². The highest BCUT2D eigenvalue weighted by Gasteiger charge is 2.32. The fraction of sp³-hybridized carbons (Fsp3) is 0.444. The Morgan fingerprint density at radius 3 is 2.81 bits per heavy atom. The molecule has 0 amide bonds. The maximum absolute atomic E-state index is 3.71. The van der Waals surface area contributed by atoms with Gasteiger partial charge in [0.2, 0.25) is 0 Å². The van der Waals surface area contributed by atoms with Gasteiger partial charge in [-0.05, 0) is 35.9 Å². The maximum atomic E-state index is 3.71. The molecule has 1 aliphatic rings. The van der Waals surface area contributed by atoms with Crippen molar-refractivity contribution in [1.29, 1.82) is 0 Å². The molecule has 0 radical (unpaired) electrons. The molecule has 1 fully saturated rings. The number of nitrogens with one attached hydrogen (secondary N) is 1. The number of piperazine rings is 1. The third-order valence-corrected chi connectivity index (χ3v) is 5.43. The van der Waals surface area contributed by atoms with Crippen molar-refractivity contribution in [2.75, 3.05) is 19.6 Å². The van der Waals surface area contributed by atoms with Crippen molar-refractivity contribution in [3.63, 3.8) is 0 Å². The zero-order chi connectivity index (χ0) is 14.7. The van der Waals surface area contributed by atoms with Crippen LogP contribution in [0.25, 0.3) is 0 Å². The van der Waals surface area contributed by atoms with Crippen LogP contribution in [0.2, 0.25) is 0 Å². The predicted octanol–water partition coefficient (Wildman–Crippen LogP) is 3.63. The first-order valence-corrected chi connectivity index (χ1v) is 8.67. The number of hydrogen-bond donors (Lipinski definition) is 1. The largest absolute Gasteiger partial charge is 0.305 e. The molecule has 1 atom stereocenters. The average molecular weight is 300 g/mol. The fourth-order valence-electron chi connectivity index (χ4n) is 3.23. The molecular formula is C18H24N2S. The summed E-state index contributed by atoms with van der Waals surface area (Å²) < 4.78 is 0. The SMILES string of the molecule is CCc1ccsc1CN1CCNC(C)(c2ccccc2)C1. The molecule has 1 aromatic carbocycles. The maximum Gasteiger partial charge on any atom is 0.0535 e. The molecule has 2 nitrogen and oxygen atoms in total. The van der Waals surface area contributed by atoms with Gasteiger partial charge in [-0.3, -0.25) is 4.90 Å². The summed E-state index contributed by atoms with van der Waals surface area (Å²) in [7, 11) is 0. The van der Waals surface area contributed by atoms with Gasteiger partial charge in [0.05, 0.1) is 5.54 Å². The first-order valence-electron chi connectivity index (χ1n) is 7.79. The quantitative estimate of drug-likeness (QED) is 0.927. The molecule has 1 unspecified atom stereocenters. The van der Waals surface area contributed by atoms with Crippen LogP contribution in [0.15, 0.2) is 41.8 Å². The lowest BCUT2D eigenvalue weighted by molar-refractivity contribution is 0.137. The van der Waals surface area contributed by atoms with E-state index >= 15 is 0 Å². The first kappa shape index (κ1) is 14.8. The third kappa shape index (κ3) is 3.20. The number of hydrogen-bond acceptors (Lipinski definition) is 3. The number of thiophene rings is 1. The lowest BCUT2D eigenvalue weighted by Gasteiger charge is -2.42. The van der Waals surface area contributed by atoms with Gasteiger partial charge in [0, 0.05) is 31.1 Å². The zero-order valence-electron chi connectivity index (χ0n) is 12.9. The van der Waals surface area contributed by atoms with Gasteiger partial charge in [0.25, 0.3) is 0 Å².